The summed E-state index contributed by atoms with van der Waals surface area (Å²) in [6, 6.07) is 17.1. The molecule has 0 saturated heterocycles. The maximum atomic E-state index is 11.9. The van der Waals surface area contributed by atoms with Crippen molar-refractivity contribution < 1.29 is 29.2 Å². The molecule has 0 radical (unpaired) electrons. The number of hydrogen-bond donors (Lipinski definition) is 2. The number of benzene rings is 4. The van der Waals surface area contributed by atoms with E-state index in [-0.39, 0.29) is 59.6 Å². The molecular formula is C48H64O6. The summed E-state index contributed by atoms with van der Waals surface area (Å²) in [4.78, 5) is 0. The van der Waals surface area contributed by atoms with Gasteiger partial charge in [0, 0.05) is 35.1 Å². The van der Waals surface area contributed by atoms with Gasteiger partial charge < -0.3 is 29.2 Å². The van der Waals surface area contributed by atoms with Gasteiger partial charge in [-0.25, -0.2) is 0 Å². The van der Waals surface area contributed by atoms with Gasteiger partial charge in [0.2, 0.25) is 0 Å². The molecule has 0 aliphatic carbocycles. The van der Waals surface area contributed by atoms with Gasteiger partial charge >= 0.3 is 0 Å². The van der Waals surface area contributed by atoms with Crippen molar-refractivity contribution in [3.05, 3.63) is 115 Å². The molecule has 2 N–H and O–H groups in total. The number of phenolic OH excluding ortho intramolecular Hbond substituents is 2. The molecule has 292 valence electrons. The number of methoxy groups -OCH3 is 2. The molecule has 4 aromatic rings. The zero-order valence-electron chi connectivity index (χ0n) is 35.4. The van der Waals surface area contributed by atoms with Crippen LogP contribution in [-0.2, 0) is 70.4 Å². The molecule has 5 rings (SSSR count). The van der Waals surface area contributed by atoms with Crippen molar-refractivity contribution in [1.29, 1.82) is 0 Å². The first-order valence-corrected chi connectivity index (χ1v) is 19.3. The lowest BCUT2D eigenvalue weighted by Crippen LogP contribution is -2.15. The van der Waals surface area contributed by atoms with Gasteiger partial charge in [-0.2, -0.15) is 0 Å². The van der Waals surface area contributed by atoms with Gasteiger partial charge in [0.25, 0.3) is 0 Å². The van der Waals surface area contributed by atoms with E-state index in [0.29, 0.717) is 12.8 Å². The fraction of sp³-hybridized carbons (Fsp3) is 0.500. The minimum Gasteiger partial charge on any atom is -0.507 e. The average Bonchev–Trinajstić information content (AvgIpc) is 3.05. The number of rotatable bonds is 2. The first-order chi connectivity index (χ1) is 25.0. The lowest BCUT2D eigenvalue weighted by atomic mass is 9.82. The van der Waals surface area contributed by atoms with Crippen LogP contribution in [0.1, 0.15) is 150 Å². The summed E-state index contributed by atoms with van der Waals surface area (Å²) in [5.74, 6) is 1.95. The Morgan fingerprint density at radius 3 is 0.907 bits per heavy atom. The molecule has 1 aliphatic rings. The van der Waals surface area contributed by atoms with Gasteiger partial charge in [0.15, 0.2) is 0 Å². The molecule has 6 heteroatoms. The van der Waals surface area contributed by atoms with Crippen LogP contribution < -0.4 is 9.47 Å². The zero-order chi connectivity index (χ0) is 40.0. The summed E-state index contributed by atoms with van der Waals surface area (Å²) < 4.78 is 25.3. The molecule has 0 spiro atoms. The van der Waals surface area contributed by atoms with E-state index in [1.807, 2.05) is 0 Å². The highest BCUT2D eigenvalue weighted by molar-refractivity contribution is 5.55. The van der Waals surface area contributed by atoms with E-state index in [2.05, 4.69) is 132 Å². The summed E-state index contributed by atoms with van der Waals surface area (Å²) >= 11 is 0. The van der Waals surface area contributed by atoms with Crippen molar-refractivity contribution in [1.82, 2.24) is 0 Å². The lowest BCUT2D eigenvalue weighted by Gasteiger charge is -2.26. The highest BCUT2D eigenvalue weighted by atomic mass is 16.5. The van der Waals surface area contributed by atoms with Crippen molar-refractivity contribution in [3.63, 3.8) is 0 Å². The monoisotopic (exact) mass is 736 g/mol. The van der Waals surface area contributed by atoms with Crippen LogP contribution in [0.3, 0.4) is 0 Å². The van der Waals surface area contributed by atoms with Crippen LogP contribution in [0.5, 0.6) is 23.0 Å². The smallest absolute Gasteiger partial charge is 0.127 e. The van der Waals surface area contributed by atoms with Crippen molar-refractivity contribution in [2.75, 3.05) is 14.2 Å². The molecule has 0 aromatic heterocycles. The number of fused-ring (bicyclic) bond motifs is 8. The molecule has 1 aliphatic heterocycles. The molecule has 1 heterocycles. The Morgan fingerprint density at radius 1 is 0.389 bits per heavy atom. The van der Waals surface area contributed by atoms with E-state index in [0.717, 1.165) is 78.3 Å². The third-order valence-corrected chi connectivity index (χ3v) is 10.7. The SMILES string of the molecule is COc1c2cc(C(C)(C)C)cc1Cc1cc(C(C)(C)C)cc(c1O)COCc1cc(C(C)(C)C)cc(c1OC)Cc1cc(C(C)(C)C)cc(c1O)COC2. The van der Waals surface area contributed by atoms with E-state index in [1.165, 1.54) is 0 Å². The normalized spacial score (nSPS) is 14.8. The van der Waals surface area contributed by atoms with E-state index in [9.17, 15) is 10.2 Å². The summed E-state index contributed by atoms with van der Waals surface area (Å²) in [5.41, 5.74) is 10.9. The quantitative estimate of drug-likeness (QED) is 0.213. The third kappa shape index (κ3) is 9.09. The number of phenols is 2. The second kappa shape index (κ2) is 15.3. The van der Waals surface area contributed by atoms with Gasteiger partial charge in [-0.1, -0.05) is 107 Å². The van der Waals surface area contributed by atoms with Gasteiger partial charge in [-0.15, -0.1) is 0 Å². The highest BCUT2D eigenvalue weighted by Crippen LogP contribution is 2.41. The molecule has 54 heavy (non-hydrogen) atoms. The van der Waals surface area contributed by atoms with Crippen molar-refractivity contribution >= 4 is 0 Å². The predicted molar refractivity (Wildman–Crippen MR) is 220 cm³/mol. The van der Waals surface area contributed by atoms with Gasteiger partial charge in [-0.05, 0) is 90.4 Å². The van der Waals surface area contributed by atoms with Gasteiger partial charge in [-0.3, -0.25) is 0 Å². The third-order valence-electron chi connectivity index (χ3n) is 10.7. The second-order valence-electron chi connectivity index (χ2n) is 19.3. The first-order valence-electron chi connectivity index (χ1n) is 19.3. The summed E-state index contributed by atoms with van der Waals surface area (Å²) in [6.45, 7) is 27.4. The van der Waals surface area contributed by atoms with Crippen LogP contribution in [0, 0.1) is 0 Å². The first kappa shape index (κ1) is 41.2. The van der Waals surface area contributed by atoms with Gasteiger partial charge in [0.05, 0.1) is 40.6 Å². The molecule has 0 atom stereocenters. The zero-order valence-corrected chi connectivity index (χ0v) is 35.4. The highest BCUT2D eigenvalue weighted by Gasteiger charge is 2.26. The Hall–Kier alpha value is -4.00. The Labute approximate surface area is 324 Å². The number of ether oxygens (including phenoxy) is 4. The standard InChI is InChI=1S/C48H64O6/c1-45(2,3)37-17-29-15-31-19-39(47(7,8)9)24-36(43(31)51-13)28-54-26-34-22-38(46(4,5)6)18-30(42(34)50)16-32-20-40(48(10,11)12)23-35(44(32)52-14)27-53-25-33(21-37)41(29)49/h17-24,49-50H,15-16,25-28H2,1-14H3. The largest absolute Gasteiger partial charge is 0.507 e. The minimum atomic E-state index is -0.158. The van der Waals surface area contributed by atoms with Crippen molar-refractivity contribution in [2.24, 2.45) is 0 Å². The van der Waals surface area contributed by atoms with E-state index < -0.39 is 0 Å². The van der Waals surface area contributed by atoms with Crippen LogP contribution in [0.2, 0.25) is 0 Å². The van der Waals surface area contributed by atoms with Crippen LogP contribution in [0.4, 0.5) is 0 Å². The fourth-order valence-electron chi connectivity index (χ4n) is 7.20. The molecule has 4 aromatic carbocycles. The van der Waals surface area contributed by atoms with E-state index in [1.54, 1.807) is 14.2 Å². The molecule has 0 saturated carbocycles. The fourth-order valence-corrected chi connectivity index (χ4v) is 7.20. The van der Waals surface area contributed by atoms with E-state index >= 15 is 0 Å². The summed E-state index contributed by atoms with van der Waals surface area (Å²) in [6.07, 6.45) is 0.927. The number of aromatic hydroxyl groups is 2. The minimum absolute atomic E-state index is 0.143. The Bertz CT molecular complexity index is 1850. The molecule has 0 unspecified atom stereocenters. The lowest BCUT2D eigenvalue weighted by molar-refractivity contribution is 0.103. The van der Waals surface area contributed by atoms with Crippen LogP contribution in [-0.4, -0.2) is 24.4 Å². The second-order valence-corrected chi connectivity index (χ2v) is 19.3. The summed E-state index contributed by atoms with van der Waals surface area (Å²) in [5, 5.41) is 23.8. The Balaban J connectivity index is 1.75. The van der Waals surface area contributed by atoms with Crippen molar-refractivity contribution in [2.45, 2.75) is 144 Å². The number of hydrogen-bond acceptors (Lipinski definition) is 6. The topological polar surface area (TPSA) is 77.4 Å². The average molecular weight is 737 g/mol. The predicted octanol–water partition coefficient (Wildman–Crippen LogP) is 11.2. The molecule has 0 amide bonds. The Kier molecular flexibility index (Phi) is 11.6. The molecule has 0 fully saturated rings. The molecule has 6 nitrogen and oxygen atoms in total. The van der Waals surface area contributed by atoms with Crippen LogP contribution >= 0.6 is 0 Å². The maximum Gasteiger partial charge on any atom is 0.127 e. The van der Waals surface area contributed by atoms with Crippen LogP contribution in [0.15, 0.2) is 48.5 Å². The maximum absolute atomic E-state index is 11.9. The molecular weight excluding hydrogens is 673 g/mol. The summed E-state index contributed by atoms with van der Waals surface area (Å²) in [7, 11) is 3.39. The Morgan fingerprint density at radius 2 is 0.630 bits per heavy atom. The molecule has 8 bridgehead atoms. The van der Waals surface area contributed by atoms with E-state index in [4.69, 9.17) is 18.9 Å². The van der Waals surface area contributed by atoms with Crippen molar-refractivity contribution in [3.8, 4) is 23.0 Å². The van der Waals surface area contributed by atoms with Gasteiger partial charge in [0.1, 0.15) is 23.0 Å². The van der Waals surface area contributed by atoms with Crippen LogP contribution in [0.25, 0.3) is 0 Å².